The Balaban J connectivity index is 1.94. The van der Waals surface area contributed by atoms with Gasteiger partial charge in [0, 0.05) is 13.1 Å². The molecule has 0 spiro atoms. The summed E-state index contributed by atoms with van der Waals surface area (Å²) in [4.78, 5) is 2.32. The van der Waals surface area contributed by atoms with Crippen molar-refractivity contribution < 1.29 is 4.74 Å². The normalized spacial score (nSPS) is 16.9. The van der Waals surface area contributed by atoms with Crippen molar-refractivity contribution in [2.24, 2.45) is 11.1 Å². The van der Waals surface area contributed by atoms with E-state index in [0.29, 0.717) is 10.4 Å². The first-order chi connectivity index (χ1) is 8.58. The van der Waals surface area contributed by atoms with Crippen LogP contribution in [0.2, 0.25) is 5.02 Å². The summed E-state index contributed by atoms with van der Waals surface area (Å²) >= 11 is 6.12. The number of nitrogens with two attached hydrogens (primary N) is 1. The first-order valence-electron chi connectivity index (χ1n) is 6.30. The number of nitrogens with zero attached hydrogens (tertiary/aromatic N) is 1. The van der Waals surface area contributed by atoms with Gasteiger partial charge in [-0.15, -0.1) is 0 Å². The molecule has 1 aliphatic rings. The topological polar surface area (TPSA) is 38.5 Å². The van der Waals surface area contributed by atoms with E-state index in [4.69, 9.17) is 22.1 Å². The summed E-state index contributed by atoms with van der Waals surface area (Å²) in [7, 11) is 3.76. The predicted molar refractivity (Wildman–Crippen MR) is 75.1 cm³/mol. The van der Waals surface area contributed by atoms with Crippen LogP contribution in [0.1, 0.15) is 18.4 Å². The molecule has 1 aliphatic carbocycles. The summed E-state index contributed by atoms with van der Waals surface area (Å²) in [6.45, 7) is 2.75. The second-order valence-corrected chi connectivity index (χ2v) is 5.75. The molecule has 100 valence electrons. The van der Waals surface area contributed by atoms with Gasteiger partial charge in [0.1, 0.15) is 5.75 Å². The Kier molecular flexibility index (Phi) is 4.15. The van der Waals surface area contributed by atoms with Crippen LogP contribution >= 0.6 is 11.6 Å². The highest BCUT2D eigenvalue weighted by molar-refractivity contribution is 6.32. The summed E-state index contributed by atoms with van der Waals surface area (Å²) in [5, 5.41) is 0.670. The van der Waals surface area contributed by atoms with E-state index in [2.05, 4.69) is 18.0 Å². The highest BCUT2D eigenvalue weighted by Gasteiger charge is 2.41. The van der Waals surface area contributed by atoms with Gasteiger partial charge in [0.25, 0.3) is 0 Å². The number of hydrogen-bond donors (Lipinski definition) is 1. The van der Waals surface area contributed by atoms with E-state index in [9.17, 15) is 0 Å². The number of benzene rings is 1. The Morgan fingerprint density at radius 3 is 2.67 bits per heavy atom. The van der Waals surface area contributed by atoms with Crippen molar-refractivity contribution >= 4 is 11.6 Å². The SMILES string of the molecule is COc1ccc(CN(C)CC2(CN)CC2)cc1Cl. The molecule has 0 radical (unpaired) electrons. The number of ether oxygens (including phenoxy) is 1. The molecule has 0 aliphatic heterocycles. The molecule has 18 heavy (non-hydrogen) atoms. The maximum Gasteiger partial charge on any atom is 0.137 e. The molecule has 0 aromatic heterocycles. The summed E-state index contributed by atoms with van der Waals surface area (Å²) in [5.41, 5.74) is 7.39. The lowest BCUT2D eigenvalue weighted by Gasteiger charge is -2.22. The first-order valence-corrected chi connectivity index (χ1v) is 6.67. The van der Waals surface area contributed by atoms with Crippen LogP contribution < -0.4 is 10.5 Å². The lowest BCUT2D eigenvalue weighted by molar-refractivity contribution is 0.259. The van der Waals surface area contributed by atoms with Crippen LogP contribution in [0.4, 0.5) is 0 Å². The fraction of sp³-hybridized carbons (Fsp3) is 0.571. The van der Waals surface area contributed by atoms with Crippen LogP contribution in [0.3, 0.4) is 0 Å². The third-order valence-corrected chi connectivity index (χ3v) is 3.96. The highest BCUT2D eigenvalue weighted by atomic mass is 35.5. The predicted octanol–water partition coefficient (Wildman–Crippen LogP) is 2.52. The zero-order valence-corrected chi connectivity index (χ0v) is 11.8. The second-order valence-electron chi connectivity index (χ2n) is 5.35. The van der Waals surface area contributed by atoms with E-state index < -0.39 is 0 Å². The van der Waals surface area contributed by atoms with Crippen molar-refractivity contribution in [1.82, 2.24) is 4.90 Å². The van der Waals surface area contributed by atoms with Crippen molar-refractivity contribution in [3.63, 3.8) is 0 Å². The Morgan fingerprint density at radius 2 is 2.17 bits per heavy atom. The fourth-order valence-corrected chi connectivity index (χ4v) is 2.63. The molecule has 4 heteroatoms. The van der Waals surface area contributed by atoms with Gasteiger partial charge in [0.15, 0.2) is 0 Å². The fourth-order valence-electron chi connectivity index (χ4n) is 2.35. The van der Waals surface area contributed by atoms with Crippen molar-refractivity contribution in [2.45, 2.75) is 19.4 Å². The quantitative estimate of drug-likeness (QED) is 0.862. The smallest absolute Gasteiger partial charge is 0.137 e. The van der Waals surface area contributed by atoms with Crippen LogP contribution in [-0.2, 0) is 6.54 Å². The lowest BCUT2D eigenvalue weighted by atomic mass is 10.1. The van der Waals surface area contributed by atoms with Crippen LogP contribution in [-0.4, -0.2) is 32.1 Å². The van der Waals surface area contributed by atoms with Gasteiger partial charge in [-0.2, -0.15) is 0 Å². The molecule has 0 atom stereocenters. The van der Waals surface area contributed by atoms with Crippen LogP contribution in [0.5, 0.6) is 5.75 Å². The van der Waals surface area contributed by atoms with Gasteiger partial charge in [-0.25, -0.2) is 0 Å². The molecule has 1 aromatic rings. The van der Waals surface area contributed by atoms with Gasteiger partial charge in [-0.3, -0.25) is 0 Å². The van der Waals surface area contributed by atoms with Gasteiger partial charge >= 0.3 is 0 Å². The monoisotopic (exact) mass is 268 g/mol. The van der Waals surface area contributed by atoms with E-state index in [1.54, 1.807) is 7.11 Å². The van der Waals surface area contributed by atoms with Crippen LogP contribution in [0, 0.1) is 5.41 Å². The minimum Gasteiger partial charge on any atom is -0.495 e. The molecule has 1 saturated carbocycles. The molecule has 1 aromatic carbocycles. The summed E-state index contributed by atoms with van der Waals surface area (Å²) < 4.78 is 5.15. The molecular weight excluding hydrogens is 248 g/mol. The Hall–Kier alpha value is -0.770. The molecule has 0 bridgehead atoms. The van der Waals surface area contributed by atoms with Gasteiger partial charge in [-0.05, 0) is 49.5 Å². The van der Waals surface area contributed by atoms with Gasteiger partial charge in [0.2, 0.25) is 0 Å². The average Bonchev–Trinajstić information content (AvgIpc) is 3.09. The molecule has 0 unspecified atom stereocenters. The van der Waals surface area contributed by atoms with Crippen molar-refractivity contribution in [3.8, 4) is 5.75 Å². The van der Waals surface area contributed by atoms with Gasteiger partial charge < -0.3 is 15.4 Å². The minimum absolute atomic E-state index is 0.380. The summed E-state index contributed by atoms with van der Waals surface area (Å²) in [6.07, 6.45) is 2.52. The van der Waals surface area contributed by atoms with Crippen LogP contribution in [0.25, 0.3) is 0 Å². The number of rotatable bonds is 6. The largest absolute Gasteiger partial charge is 0.495 e. The zero-order chi connectivity index (χ0) is 13.2. The molecule has 0 saturated heterocycles. The van der Waals surface area contributed by atoms with Crippen molar-refractivity contribution in [1.29, 1.82) is 0 Å². The minimum atomic E-state index is 0.380. The number of methoxy groups -OCH3 is 1. The van der Waals surface area contributed by atoms with E-state index in [-0.39, 0.29) is 0 Å². The van der Waals surface area contributed by atoms with E-state index in [1.807, 2.05) is 12.1 Å². The summed E-state index contributed by atoms with van der Waals surface area (Å²) in [5.74, 6) is 0.726. The molecule has 3 nitrogen and oxygen atoms in total. The highest BCUT2D eigenvalue weighted by Crippen LogP contribution is 2.45. The maximum atomic E-state index is 6.12. The summed E-state index contributed by atoms with van der Waals surface area (Å²) in [6, 6.07) is 5.95. The average molecular weight is 269 g/mol. The number of halogens is 1. The molecule has 0 heterocycles. The first kappa shape index (κ1) is 13.7. The third kappa shape index (κ3) is 3.16. The standard InChI is InChI=1S/C14H21ClN2O/c1-17(10-14(9-16)5-6-14)8-11-3-4-13(18-2)12(15)7-11/h3-4,7H,5-6,8-10,16H2,1-2H3. The number of hydrogen-bond acceptors (Lipinski definition) is 3. The van der Waals surface area contributed by atoms with Gasteiger partial charge in [-0.1, -0.05) is 17.7 Å². The Labute approximate surface area is 114 Å². The molecule has 0 amide bonds. The second kappa shape index (κ2) is 5.47. The molecule has 2 rings (SSSR count). The molecule has 2 N–H and O–H groups in total. The molecule has 1 fully saturated rings. The Morgan fingerprint density at radius 1 is 1.44 bits per heavy atom. The van der Waals surface area contributed by atoms with Crippen LogP contribution in [0.15, 0.2) is 18.2 Å². The van der Waals surface area contributed by atoms with Crippen molar-refractivity contribution in [3.05, 3.63) is 28.8 Å². The molecular formula is C14H21ClN2O. The Bertz CT molecular complexity index is 418. The van der Waals surface area contributed by atoms with E-state index in [1.165, 1.54) is 18.4 Å². The third-order valence-electron chi connectivity index (χ3n) is 3.66. The maximum absolute atomic E-state index is 6.12. The van der Waals surface area contributed by atoms with E-state index >= 15 is 0 Å². The van der Waals surface area contributed by atoms with E-state index in [0.717, 1.165) is 25.4 Å². The van der Waals surface area contributed by atoms with Gasteiger partial charge in [0.05, 0.1) is 12.1 Å². The zero-order valence-electron chi connectivity index (χ0n) is 11.1. The lowest BCUT2D eigenvalue weighted by Crippen LogP contribution is -2.31. The van der Waals surface area contributed by atoms with Crippen molar-refractivity contribution in [2.75, 3.05) is 27.2 Å².